The zero-order valence-corrected chi connectivity index (χ0v) is 11.8. The van der Waals surface area contributed by atoms with Crippen molar-refractivity contribution in [1.82, 2.24) is 10.1 Å². The van der Waals surface area contributed by atoms with E-state index in [1.54, 1.807) is 32.0 Å². The topological polar surface area (TPSA) is 74.2 Å². The highest BCUT2D eigenvalue weighted by Crippen LogP contribution is 2.25. The van der Waals surface area contributed by atoms with E-state index < -0.39 is 5.54 Å². The van der Waals surface area contributed by atoms with Gasteiger partial charge in [-0.05, 0) is 32.4 Å². The fraction of sp³-hybridized carbons (Fsp3) is 0.429. The standard InChI is InChI=1S/C14H18FN3O2/c1-4-19-8-14(3,16)13-17-12(20-18-13)10-7-5-6-9(2)11(10)15/h5-7H,4,8,16H2,1-3H3. The molecule has 108 valence electrons. The van der Waals surface area contributed by atoms with Crippen LogP contribution in [0.3, 0.4) is 0 Å². The molecule has 0 aliphatic heterocycles. The van der Waals surface area contributed by atoms with Gasteiger partial charge in [0, 0.05) is 6.61 Å². The molecular weight excluding hydrogens is 261 g/mol. The summed E-state index contributed by atoms with van der Waals surface area (Å²) < 4.78 is 24.4. The van der Waals surface area contributed by atoms with E-state index in [0.29, 0.717) is 18.0 Å². The molecule has 1 aromatic heterocycles. The summed E-state index contributed by atoms with van der Waals surface area (Å²) in [6.07, 6.45) is 0. The van der Waals surface area contributed by atoms with Gasteiger partial charge in [0.05, 0.1) is 12.2 Å². The first-order valence-corrected chi connectivity index (χ1v) is 6.42. The first-order valence-electron chi connectivity index (χ1n) is 6.42. The molecule has 5 nitrogen and oxygen atoms in total. The SMILES string of the molecule is CCOCC(C)(N)c1noc(-c2cccc(C)c2F)n1. The van der Waals surface area contributed by atoms with Crippen LogP contribution in [0.15, 0.2) is 22.7 Å². The molecule has 2 rings (SSSR count). The lowest BCUT2D eigenvalue weighted by molar-refractivity contribution is 0.0962. The lowest BCUT2D eigenvalue weighted by Gasteiger charge is -2.19. The molecule has 1 unspecified atom stereocenters. The highest BCUT2D eigenvalue weighted by atomic mass is 19.1. The van der Waals surface area contributed by atoms with Crippen LogP contribution in [-0.2, 0) is 10.3 Å². The number of nitrogens with two attached hydrogens (primary N) is 1. The second kappa shape index (κ2) is 5.68. The van der Waals surface area contributed by atoms with Crippen LogP contribution in [-0.4, -0.2) is 23.4 Å². The third kappa shape index (κ3) is 2.86. The summed E-state index contributed by atoms with van der Waals surface area (Å²) in [6, 6.07) is 5.01. The molecule has 2 aromatic rings. The van der Waals surface area contributed by atoms with Crippen molar-refractivity contribution < 1.29 is 13.7 Å². The van der Waals surface area contributed by atoms with Gasteiger partial charge in [-0.25, -0.2) is 4.39 Å². The van der Waals surface area contributed by atoms with E-state index in [4.69, 9.17) is 15.0 Å². The van der Waals surface area contributed by atoms with E-state index in [2.05, 4.69) is 10.1 Å². The molecule has 20 heavy (non-hydrogen) atoms. The third-order valence-electron chi connectivity index (χ3n) is 2.97. The molecule has 0 saturated carbocycles. The number of ether oxygens (including phenoxy) is 1. The molecule has 0 radical (unpaired) electrons. The largest absolute Gasteiger partial charge is 0.379 e. The lowest BCUT2D eigenvalue weighted by atomic mass is 10.1. The van der Waals surface area contributed by atoms with Gasteiger partial charge in [0.25, 0.3) is 5.89 Å². The number of rotatable bonds is 5. The van der Waals surface area contributed by atoms with E-state index in [1.165, 1.54) is 0 Å². The van der Waals surface area contributed by atoms with Crippen LogP contribution in [0, 0.1) is 12.7 Å². The van der Waals surface area contributed by atoms with Gasteiger partial charge >= 0.3 is 0 Å². The van der Waals surface area contributed by atoms with Gasteiger partial charge in [-0.15, -0.1) is 0 Å². The number of aryl methyl sites for hydroxylation is 1. The van der Waals surface area contributed by atoms with Crippen molar-refractivity contribution in [2.75, 3.05) is 13.2 Å². The Balaban J connectivity index is 2.31. The maximum absolute atomic E-state index is 14.0. The Labute approximate surface area is 116 Å². The predicted molar refractivity (Wildman–Crippen MR) is 72.5 cm³/mol. The molecular formula is C14H18FN3O2. The van der Waals surface area contributed by atoms with E-state index in [-0.39, 0.29) is 23.9 Å². The van der Waals surface area contributed by atoms with Crippen LogP contribution < -0.4 is 5.73 Å². The van der Waals surface area contributed by atoms with Crippen molar-refractivity contribution in [3.05, 3.63) is 35.4 Å². The number of nitrogens with zero attached hydrogens (tertiary/aromatic N) is 2. The Hall–Kier alpha value is -1.79. The number of benzene rings is 1. The summed E-state index contributed by atoms with van der Waals surface area (Å²) in [5.74, 6) is 0.0439. The Morgan fingerprint density at radius 2 is 2.20 bits per heavy atom. The normalized spacial score (nSPS) is 14.2. The van der Waals surface area contributed by atoms with Crippen molar-refractivity contribution in [2.45, 2.75) is 26.3 Å². The smallest absolute Gasteiger partial charge is 0.260 e. The second-order valence-electron chi connectivity index (χ2n) is 4.91. The molecule has 0 saturated heterocycles. The van der Waals surface area contributed by atoms with Gasteiger partial charge in [-0.2, -0.15) is 4.98 Å². The molecule has 6 heteroatoms. The van der Waals surface area contributed by atoms with Crippen LogP contribution in [0.25, 0.3) is 11.5 Å². The highest BCUT2D eigenvalue weighted by molar-refractivity contribution is 5.55. The summed E-state index contributed by atoms with van der Waals surface area (Å²) in [5.41, 5.74) is 6.00. The zero-order valence-electron chi connectivity index (χ0n) is 11.8. The summed E-state index contributed by atoms with van der Waals surface area (Å²) in [7, 11) is 0. The minimum Gasteiger partial charge on any atom is -0.379 e. The average Bonchev–Trinajstić information content (AvgIpc) is 2.90. The monoisotopic (exact) mass is 279 g/mol. The Bertz CT molecular complexity index is 596. The fourth-order valence-corrected chi connectivity index (χ4v) is 1.76. The molecule has 0 bridgehead atoms. The average molecular weight is 279 g/mol. The van der Waals surface area contributed by atoms with E-state index in [0.717, 1.165) is 0 Å². The first kappa shape index (κ1) is 14.6. The van der Waals surface area contributed by atoms with Gasteiger partial charge in [-0.3, -0.25) is 0 Å². The minimum absolute atomic E-state index is 0.120. The Kier molecular flexibility index (Phi) is 4.15. The van der Waals surface area contributed by atoms with Gasteiger partial charge in [0.1, 0.15) is 11.4 Å². The first-order chi connectivity index (χ1) is 9.45. The van der Waals surface area contributed by atoms with Crippen molar-refractivity contribution in [3.8, 4) is 11.5 Å². The number of halogens is 1. The van der Waals surface area contributed by atoms with Crippen LogP contribution >= 0.6 is 0 Å². The molecule has 0 fully saturated rings. The number of hydrogen-bond donors (Lipinski definition) is 1. The molecule has 0 aliphatic carbocycles. The maximum Gasteiger partial charge on any atom is 0.260 e. The second-order valence-corrected chi connectivity index (χ2v) is 4.91. The molecule has 0 aliphatic rings. The summed E-state index contributed by atoms with van der Waals surface area (Å²) in [4.78, 5) is 4.18. The maximum atomic E-state index is 14.0. The van der Waals surface area contributed by atoms with Crippen molar-refractivity contribution in [3.63, 3.8) is 0 Å². The molecule has 0 spiro atoms. The molecule has 2 N–H and O–H groups in total. The van der Waals surface area contributed by atoms with E-state index >= 15 is 0 Å². The number of aromatic nitrogens is 2. The summed E-state index contributed by atoms with van der Waals surface area (Å²) in [5, 5.41) is 3.83. The molecule has 0 amide bonds. The third-order valence-corrected chi connectivity index (χ3v) is 2.97. The van der Waals surface area contributed by atoms with Gasteiger partial charge in [-0.1, -0.05) is 17.3 Å². The lowest BCUT2D eigenvalue weighted by Crippen LogP contribution is -2.39. The molecule has 1 atom stereocenters. The predicted octanol–water partition coefficient (Wildman–Crippen LogP) is 2.39. The van der Waals surface area contributed by atoms with Crippen molar-refractivity contribution >= 4 is 0 Å². The Morgan fingerprint density at radius 3 is 2.90 bits per heavy atom. The van der Waals surface area contributed by atoms with Crippen LogP contribution in [0.4, 0.5) is 4.39 Å². The summed E-state index contributed by atoms with van der Waals surface area (Å²) in [6.45, 7) is 6.10. The van der Waals surface area contributed by atoms with Crippen molar-refractivity contribution in [1.29, 1.82) is 0 Å². The Morgan fingerprint density at radius 1 is 1.45 bits per heavy atom. The quantitative estimate of drug-likeness (QED) is 0.909. The van der Waals surface area contributed by atoms with Gasteiger partial charge in [0.2, 0.25) is 0 Å². The highest BCUT2D eigenvalue weighted by Gasteiger charge is 2.28. The van der Waals surface area contributed by atoms with E-state index in [9.17, 15) is 4.39 Å². The minimum atomic E-state index is -0.877. The van der Waals surface area contributed by atoms with Crippen LogP contribution in [0.2, 0.25) is 0 Å². The van der Waals surface area contributed by atoms with Gasteiger partial charge in [0.15, 0.2) is 5.82 Å². The summed E-state index contributed by atoms with van der Waals surface area (Å²) >= 11 is 0. The molecule has 1 heterocycles. The van der Waals surface area contributed by atoms with Crippen molar-refractivity contribution in [2.24, 2.45) is 5.73 Å². The zero-order chi connectivity index (χ0) is 14.8. The van der Waals surface area contributed by atoms with Gasteiger partial charge < -0.3 is 15.0 Å². The number of hydrogen-bond acceptors (Lipinski definition) is 5. The van der Waals surface area contributed by atoms with Crippen LogP contribution in [0.1, 0.15) is 25.2 Å². The molecule has 1 aromatic carbocycles. The fourth-order valence-electron chi connectivity index (χ4n) is 1.76. The van der Waals surface area contributed by atoms with E-state index in [1.807, 2.05) is 6.92 Å². The van der Waals surface area contributed by atoms with Crippen LogP contribution in [0.5, 0.6) is 0 Å².